The minimum Gasteiger partial charge on any atom is -0.315 e. The van der Waals surface area contributed by atoms with Gasteiger partial charge in [0.15, 0.2) is 0 Å². The number of hydrogen-bond donors (Lipinski definition) is 2. The maximum atomic E-state index is 4.87. The Balaban J connectivity index is 1.79. The zero-order valence-corrected chi connectivity index (χ0v) is 10.6. The van der Waals surface area contributed by atoms with Gasteiger partial charge in [0, 0.05) is 23.9 Å². The number of aromatic nitrogens is 1. The van der Waals surface area contributed by atoms with Gasteiger partial charge in [-0.05, 0) is 26.3 Å². The summed E-state index contributed by atoms with van der Waals surface area (Å²) >= 11 is 1.90. The summed E-state index contributed by atoms with van der Waals surface area (Å²) < 4.78 is 0. The molecule has 4 heteroatoms. The third-order valence-electron chi connectivity index (χ3n) is 3.62. The van der Waals surface area contributed by atoms with Crippen LogP contribution in [0.4, 0.5) is 0 Å². The molecule has 3 rings (SSSR count). The SMILES string of the molecule is Cc1sc(C2CNC2)nc1C1CCCCN1. The lowest BCUT2D eigenvalue weighted by molar-refractivity contribution is 0.401. The molecule has 2 fully saturated rings. The van der Waals surface area contributed by atoms with Crippen molar-refractivity contribution in [2.75, 3.05) is 19.6 Å². The number of aryl methyl sites for hydroxylation is 1. The van der Waals surface area contributed by atoms with Crippen LogP contribution in [0.5, 0.6) is 0 Å². The number of nitrogens with zero attached hydrogens (tertiary/aromatic N) is 1. The van der Waals surface area contributed by atoms with Crippen LogP contribution < -0.4 is 10.6 Å². The average molecular weight is 237 g/mol. The second-order valence-corrected chi connectivity index (χ2v) is 6.09. The van der Waals surface area contributed by atoms with E-state index in [4.69, 9.17) is 4.98 Å². The lowest BCUT2D eigenvalue weighted by atomic mass is 10.0. The topological polar surface area (TPSA) is 37.0 Å². The number of piperidine rings is 1. The fourth-order valence-corrected chi connectivity index (χ4v) is 3.56. The van der Waals surface area contributed by atoms with Crippen LogP contribution in [0.3, 0.4) is 0 Å². The molecular weight excluding hydrogens is 218 g/mol. The molecule has 0 radical (unpaired) electrons. The Kier molecular flexibility index (Phi) is 2.96. The highest BCUT2D eigenvalue weighted by Gasteiger charge is 2.26. The minimum absolute atomic E-state index is 0.520. The van der Waals surface area contributed by atoms with E-state index in [1.807, 2.05) is 11.3 Å². The molecule has 2 aliphatic rings. The first-order valence-corrected chi connectivity index (χ1v) is 7.07. The molecule has 3 heterocycles. The lowest BCUT2D eigenvalue weighted by Gasteiger charge is -2.25. The normalized spacial score (nSPS) is 26.7. The zero-order valence-electron chi connectivity index (χ0n) is 9.75. The highest BCUT2D eigenvalue weighted by molar-refractivity contribution is 7.11. The van der Waals surface area contributed by atoms with Gasteiger partial charge in [0.05, 0.1) is 16.7 Å². The van der Waals surface area contributed by atoms with Gasteiger partial charge in [-0.2, -0.15) is 0 Å². The Morgan fingerprint density at radius 2 is 2.19 bits per heavy atom. The molecular formula is C12H19N3S. The summed E-state index contributed by atoms with van der Waals surface area (Å²) in [6.45, 7) is 5.61. The summed E-state index contributed by atoms with van der Waals surface area (Å²) in [4.78, 5) is 6.29. The standard InChI is InChI=1S/C12H19N3S/c1-8-11(10-4-2-3-5-14-10)15-12(16-8)9-6-13-7-9/h9-10,13-14H,2-7H2,1H3. The van der Waals surface area contributed by atoms with Crippen LogP contribution in [0.2, 0.25) is 0 Å². The molecule has 0 amide bonds. The van der Waals surface area contributed by atoms with E-state index < -0.39 is 0 Å². The predicted molar refractivity (Wildman–Crippen MR) is 67.1 cm³/mol. The summed E-state index contributed by atoms with van der Waals surface area (Å²) in [5.74, 6) is 0.682. The smallest absolute Gasteiger partial charge is 0.0988 e. The van der Waals surface area contributed by atoms with Crippen molar-refractivity contribution in [3.05, 3.63) is 15.6 Å². The minimum atomic E-state index is 0.520. The molecule has 0 bridgehead atoms. The van der Waals surface area contributed by atoms with Crippen molar-refractivity contribution in [3.63, 3.8) is 0 Å². The van der Waals surface area contributed by atoms with Crippen LogP contribution in [0, 0.1) is 6.92 Å². The monoisotopic (exact) mass is 237 g/mol. The number of nitrogens with one attached hydrogen (secondary N) is 2. The maximum absolute atomic E-state index is 4.87. The van der Waals surface area contributed by atoms with Crippen LogP contribution in [0.1, 0.15) is 46.8 Å². The first-order chi connectivity index (χ1) is 7.84. The maximum Gasteiger partial charge on any atom is 0.0988 e. The fourth-order valence-electron chi connectivity index (χ4n) is 2.48. The zero-order chi connectivity index (χ0) is 11.0. The fraction of sp³-hybridized carbons (Fsp3) is 0.750. The average Bonchev–Trinajstić information content (AvgIpc) is 2.59. The van der Waals surface area contributed by atoms with E-state index in [0.29, 0.717) is 12.0 Å². The quantitative estimate of drug-likeness (QED) is 0.825. The molecule has 0 aliphatic carbocycles. The molecule has 3 nitrogen and oxygen atoms in total. The Bertz CT molecular complexity index is 364. The van der Waals surface area contributed by atoms with Crippen molar-refractivity contribution in [3.8, 4) is 0 Å². The van der Waals surface area contributed by atoms with Crippen molar-refractivity contribution >= 4 is 11.3 Å². The largest absolute Gasteiger partial charge is 0.315 e. The van der Waals surface area contributed by atoms with Gasteiger partial charge >= 0.3 is 0 Å². The first kappa shape index (κ1) is 10.7. The molecule has 1 aromatic rings. The Morgan fingerprint density at radius 3 is 2.81 bits per heavy atom. The molecule has 2 aliphatic heterocycles. The second kappa shape index (κ2) is 4.43. The van der Waals surface area contributed by atoms with Crippen molar-refractivity contribution in [1.82, 2.24) is 15.6 Å². The van der Waals surface area contributed by atoms with E-state index in [2.05, 4.69) is 17.6 Å². The van der Waals surface area contributed by atoms with Crippen LogP contribution in [0.15, 0.2) is 0 Å². The Hall–Kier alpha value is -0.450. The van der Waals surface area contributed by atoms with Gasteiger partial charge in [0.2, 0.25) is 0 Å². The number of thiazole rings is 1. The van der Waals surface area contributed by atoms with Crippen molar-refractivity contribution in [2.45, 2.75) is 38.1 Å². The molecule has 1 aromatic heterocycles. The summed E-state index contributed by atoms with van der Waals surface area (Å²) in [6.07, 6.45) is 3.92. The third kappa shape index (κ3) is 1.90. The number of rotatable bonds is 2. The highest BCUT2D eigenvalue weighted by atomic mass is 32.1. The molecule has 2 N–H and O–H groups in total. The summed E-state index contributed by atoms with van der Waals surface area (Å²) in [5.41, 5.74) is 1.33. The summed E-state index contributed by atoms with van der Waals surface area (Å²) in [5, 5.41) is 8.26. The molecule has 2 saturated heterocycles. The summed E-state index contributed by atoms with van der Waals surface area (Å²) in [6, 6.07) is 0.520. The van der Waals surface area contributed by atoms with Crippen LogP contribution >= 0.6 is 11.3 Å². The molecule has 1 unspecified atom stereocenters. The first-order valence-electron chi connectivity index (χ1n) is 6.26. The van der Waals surface area contributed by atoms with Crippen LogP contribution in [-0.4, -0.2) is 24.6 Å². The molecule has 0 spiro atoms. The van der Waals surface area contributed by atoms with E-state index in [9.17, 15) is 0 Å². The van der Waals surface area contributed by atoms with E-state index >= 15 is 0 Å². The Labute approximate surface area is 101 Å². The molecule has 0 saturated carbocycles. The van der Waals surface area contributed by atoms with Gasteiger partial charge in [-0.25, -0.2) is 4.98 Å². The number of hydrogen-bond acceptors (Lipinski definition) is 4. The van der Waals surface area contributed by atoms with Crippen molar-refractivity contribution in [1.29, 1.82) is 0 Å². The van der Waals surface area contributed by atoms with Gasteiger partial charge in [-0.15, -0.1) is 11.3 Å². The van der Waals surface area contributed by atoms with Crippen molar-refractivity contribution < 1.29 is 0 Å². The Morgan fingerprint density at radius 1 is 1.31 bits per heavy atom. The van der Waals surface area contributed by atoms with Gasteiger partial charge in [0.1, 0.15) is 0 Å². The van der Waals surface area contributed by atoms with Gasteiger partial charge < -0.3 is 10.6 Å². The van der Waals surface area contributed by atoms with Crippen LogP contribution in [0.25, 0.3) is 0 Å². The molecule has 88 valence electrons. The van der Waals surface area contributed by atoms with Crippen molar-refractivity contribution in [2.24, 2.45) is 0 Å². The molecule has 16 heavy (non-hydrogen) atoms. The lowest BCUT2D eigenvalue weighted by Crippen LogP contribution is -2.39. The summed E-state index contributed by atoms with van der Waals surface area (Å²) in [7, 11) is 0. The van der Waals surface area contributed by atoms with E-state index in [1.165, 1.54) is 34.8 Å². The third-order valence-corrected chi connectivity index (χ3v) is 4.77. The van der Waals surface area contributed by atoms with E-state index in [1.54, 1.807) is 0 Å². The van der Waals surface area contributed by atoms with E-state index in [0.717, 1.165) is 19.6 Å². The van der Waals surface area contributed by atoms with Gasteiger partial charge in [0.25, 0.3) is 0 Å². The van der Waals surface area contributed by atoms with Gasteiger partial charge in [-0.3, -0.25) is 0 Å². The highest BCUT2D eigenvalue weighted by Crippen LogP contribution is 2.32. The second-order valence-electron chi connectivity index (χ2n) is 4.85. The molecule has 0 aromatic carbocycles. The predicted octanol–water partition coefficient (Wildman–Crippen LogP) is 1.95. The van der Waals surface area contributed by atoms with E-state index in [-0.39, 0.29) is 0 Å². The van der Waals surface area contributed by atoms with Crippen LogP contribution in [-0.2, 0) is 0 Å². The van der Waals surface area contributed by atoms with Gasteiger partial charge in [-0.1, -0.05) is 6.42 Å². The molecule has 1 atom stereocenters.